The summed E-state index contributed by atoms with van der Waals surface area (Å²) in [6, 6.07) is 0. The van der Waals surface area contributed by atoms with E-state index in [0.29, 0.717) is 0 Å². The van der Waals surface area contributed by atoms with Gasteiger partial charge in [-0.15, -0.1) is 0 Å². The van der Waals surface area contributed by atoms with Gasteiger partial charge in [-0.25, -0.2) is 31.5 Å². The molecule has 0 bridgehead atoms. The summed E-state index contributed by atoms with van der Waals surface area (Å²) >= 11 is 0. The van der Waals surface area contributed by atoms with Gasteiger partial charge < -0.3 is 43.8 Å². The molecule has 0 amide bonds. The van der Waals surface area contributed by atoms with Crippen LogP contribution in [-0.2, 0) is 20.2 Å². The van der Waals surface area contributed by atoms with Crippen molar-refractivity contribution in [1.82, 2.24) is 0 Å². The van der Waals surface area contributed by atoms with Crippen LogP contribution in [-0.4, -0.2) is 85.9 Å². The highest BCUT2D eigenvalue weighted by atomic mass is 17.6. The molecule has 0 aliphatic heterocycles. The Morgan fingerprint density at radius 2 is 0.478 bits per heavy atom. The van der Waals surface area contributed by atoms with Gasteiger partial charge in [0.1, 0.15) is 0 Å². The van der Waals surface area contributed by atoms with Crippen LogP contribution < -0.4 is 0 Å². The summed E-state index contributed by atoms with van der Waals surface area (Å²) in [6.07, 6.45) is 0. The fourth-order valence-corrected chi connectivity index (χ4v) is 0. The van der Waals surface area contributed by atoms with Crippen molar-refractivity contribution in [2.24, 2.45) is 0 Å². The quantitative estimate of drug-likeness (QED) is 0.162. The molecule has 0 atom stereocenters. The zero-order valence-corrected chi connectivity index (χ0v) is 10.4. The van der Waals surface area contributed by atoms with Gasteiger partial charge in [-0.05, 0) is 10.1 Å². The average Bonchev–Trinajstić information content (AvgIpc) is 3.10. The summed E-state index contributed by atoms with van der Waals surface area (Å²) in [4.78, 5) is 0. The highest BCUT2D eigenvalue weighted by Crippen LogP contribution is 1.79. The minimum Gasteiger partial charge on any atom is -0.412 e. The molecule has 23 heteroatoms. The molecule has 0 saturated carbocycles. The minimum absolute atomic E-state index is 0. The topological polar surface area (TPSA) is 490 Å². The van der Waals surface area contributed by atoms with E-state index in [1.54, 1.807) is 0 Å². The van der Waals surface area contributed by atoms with Crippen molar-refractivity contribution in [2.45, 2.75) is 0 Å². The van der Waals surface area contributed by atoms with E-state index in [2.05, 4.69) is 34.4 Å². The van der Waals surface area contributed by atoms with Gasteiger partial charge in [0, 0.05) is 14.2 Å². The van der Waals surface area contributed by atoms with Crippen LogP contribution in [0.25, 0.3) is 0 Å². The third kappa shape index (κ3) is 19800. The largest absolute Gasteiger partial charge is 0.412 e. The van der Waals surface area contributed by atoms with Crippen molar-refractivity contribution in [2.75, 3.05) is 0 Å². The number of hydrogen-bond acceptors (Lipinski definition) is 15. The van der Waals surface area contributed by atoms with E-state index in [1.165, 1.54) is 0 Å². The Hall–Kier alpha value is -1.40. The summed E-state index contributed by atoms with van der Waals surface area (Å²) in [5, 5.41) is 62.0. The molecule has 1 aromatic rings. The zero-order valence-electron chi connectivity index (χ0n) is 10.4. The van der Waals surface area contributed by atoms with Gasteiger partial charge in [0.15, 0.2) is 0 Å². The van der Waals surface area contributed by atoms with Gasteiger partial charge in [-0.2, -0.15) is 0 Å². The van der Waals surface area contributed by atoms with Gasteiger partial charge in [0.05, 0.1) is 0 Å². The second-order valence-electron chi connectivity index (χ2n) is 0.516. The molecule has 1 heterocycles. The molecule has 23 heavy (non-hydrogen) atoms. The molecule has 1 aromatic heterocycles. The van der Waals surface area contributed by atoms with Crippen LogP contribution in [0.3, 0.4) is 0 Å². The minimum atomic E-state index is 0. The van der Waals surface area contributed by atoms with Crippen LogP contribution in [0.1, 0.15) is 0 Å². The van der Waals surface area contributed by atoms with Crippen LogP contribution in [0.4, 0.5) is 0 Å². The zero-order chi connectivity index (χ0) is 12.9. The number of rotatable bonds is 1. The molecule has 1 rings (SSSR count). The van der Waals surface area contributed by atoms with Crippen molar-refractivity contribution in [3.63, 3.8) is 0 Å². The Bertz CT molecular complexity index is 62.0. The average molecular weight is 392 g/mol. The van der Waals surface area contributed by atoms with Gasteiger partial charge in [0.25, 0.3) is 0 Å². The Labute approximate surface area is 122 Å². The van der Waals surface area contributed by atoms with Crippen molar-refractivity contribution >= 4 is 0 Å². The summed E-state index contributed by atoms with van der Waals surface area (Å²) in [5.74, 6) is 0. The van der Waals surface area contributed by atoms with Gasteiger partial charge in [-0.3, -0.25) is 10.5 Å². The SMILES string of the molecule is O.O.O.O.O.O.O.O.OO.OOO.OOO.OOOO.o1oo1. The van der Waals surface area contributed by atoms with Gasteiger partial charge in [0.2, 0.25) is 0 Å². The number of hydrogen-bond donors (Lipinski definition) is 8. The van der Waals surface area contributed by atoms with E-state index in [9.17, 15) is 0 Å². The molecule has 23 nitrogen and oxygen atoms in total. The molecule has 0 fully saturated rings. The predicted octanol–water partition coefficient (Wildman–Crippen LogP) is -6.34. The van der Waals surface area contributed by atoms with Crippen LogP contribution in [0.2, 0.25) is 0 Å². The fourth-order valence-electron chi connectivity index (χ4n) is 0. The normalized spacial score (nSPS) is 4.17. The first kappa shape index (κ1) is 99.5. The first-order valence-electron chi connectivity index (χ1n) is 1.96. The van der Waals surface area contributed by atoms with Crippen molar-refractivity contribution in [3.05, 3.63) is 0 Å². The van der Waals surface area contributed by atoms with Gasteiger partial charge >= 0.3 is 0 Å². The Balaban J connectivity index is -0.00000000611. The Morgan fingerprint density at radius 1 is 0.391 bits per heavy atom. The third-order valence-corrected chi connectivity index (χ3v) is 0.101. The first-order chi connectivity index (χ1) is 7.24. The molecule has 162 valence electrons. The third-order valence-electron chi connectivity index (χ3n) is 0.101. The maximum Gasteiger partial charge on any atom is 0 e. The molecule has 0 aromatic carbocycles. The summed E-state index contributed by atoms with van der Waals surface area (Å²) in [6.45, 7) is 0. The molecule has 24 N–H and O–H groups in total. The molecule has 0 aliphatic rings. The van der Waals surface area contributed by atoms with Crippen molar-refractivity contribution in [1.29, 1.82) is 0 Å². The molecule has 0 radical (unpaired) electrons. The summed E-state index contributed by atoms with van der Waals surface area (Å²) in [7, 11) is 0. The van der Waals surface area contributed by atoms with Crippen LogP contribution in [0.15, 0.2) is 14.2 Å². The molecule has 0 aliphatic carbocycles. The van der Waals surface area contributed by atoms with E-state index in [4.69, 9.17) is 42.1 Å². The van der Waals surface area contributed by atoms with E-state index in [1.807, 2.05) is 0 Å². The molecule has 0 saturated heterocycles. The van der Waals surface area contributed by atoms with E-state index in [0.717, 1.165) is 0 Å². The van der Waals surface area contributed by atoms with Crippen LogP contribution in [0.5, 0.6) is 0 Å². The fraction of sp³-hybridized carbons (Fsp3) is 0. The maximum absolute atomic E-state index is 6.90. The van der Waals surface area contributed by atoms with E-state index < -0.39 is 0 Å². The Morgan fingerprint density at radius 3 is 0.478 bits per heavy atom. The second-order valence-corrected chi connectivity index (χ2v) is 0.516. The van der Waals surface area contributed by atoms with E-state index >= 15 is 0 Å². The molecular formula is H24O23. The lowest BCUT2D eigenvalue weighted by Gasteiger charge is -1.71. The van der Waals surface area contributed by atoms with Crippen LogP contribution in [0, 0.1) is 0 Å². The lowest BCUT2D eigenvalue weighted by Crippen LogP contribution is -1.75. The maximum atomic E-state index is 6.90. The van der Waals surface area contributed by atoms with Crippen molar-refractivity contribution < 1.29 is 120 Å². The monoisotopic (exact) mass is 392 g/mol. The standard InChI is InChI=1S/H2O4.O3.2H2O3.H2O2.8H2O/c1-3-4-2;1-2-3-1;2*1-3-2;1-2;;;;;;;;/h1-2H;;2*1-2H;1-2H;8*1H2. The van der Waals surface area contributed by atoms with Crippen LogP contribution >= 0.6 is 0 Å². The molecule has 0 spiro atoms. The van der Waals surface area contributed by atoms with Gasteiger partial charge in [-0.1, -0.05) is 10.1 Å². The highest BCUT2D eigenvalue weighted by Gasteiger charge is 1.63. The smallest absolute Gasteiger partial charge is 0 e. The predicted molar refractivity (Wildman–Crippen MR) is 57.5 cm³/mol. The van der Waals surface area contributed by atoms with E-state index in [-0.39, 0.29) is 43.8 Å². The lowest BCUT2D eigenvalue weighted by atomic mass is 14.4. The lowest BCUT2D eigenvalue weighted by molar-refractivity contribution is -0.611. The highest BCUT2D eigenvalue weighted by molar-refractivity contribution is 2.71. The Kier molecular flexibility index (Phi) is 1090. The summed E-state index contributed by atoms with van der Waals surface area (Å²) < 4.78 is 10.5. The summed E-state index contributed by atoms with van der Waals surface area (Å²) in [5.41, 5.74) is 0. The molecular weight excluding hydrogens is 368 g/mol. The first-order valence-corrected chi connectivity index (χ1v) is 1.96. The van der Waals surface area contributed by atoms with Crippen molar-refractivity contribution in [3.8, 4) is 0 Å². The molecule has 0 unspecified atom stereocenters. The second kappa shape index (κ2) is 252.